The molecule has 3 rings (SSSR count). The number of para-hydroxylation sites is 1. The number of aromatic nitrogens is 1. The fourth-order valence-corrected chi connectivity index (χ4v) is 3.38. The number of benzene rings is 2. The molecule has 6 heteroatoms. The van der Waals surface area contributed by atoms with Gasteiger partial charge in [-0.2, -0.15) is 0 Å². The standard InChI is InChI=1S/C22H24ClN3O2/c1-16(27)26(15-18-6-2-4-8-20(18)23)13-11-22(28)24-12-10-17-14-25-21-9-5-3-7-19(17)21/h2-9,14,25H,10-13,15H2,1H3,(H,24,28). The van der Waals surface area contributed by atoms with E-state index < -0.39 is 0 Å². The van der Waals surface area contributed by atoms with E-state index in [1.165, 1.54) is 17.9 Å². The number of hydrogen-bond donors (Lipinski definition) is 2. The molecule has 5 nitrogen and oxygen atoms in total. The maximum Gasteiger partial charge on any atom is 0.221 e. The summed E-state index contributed by atoms with van der Waals surface area (Å²) in [6.07, 6.45) is 3.00. The Bertz CT molecular complexity index is 967. The van der Waals surface area contributed by atoms with Gasteiger partial charge in [-0.25, -0.2) is 0 Å². The Morgan fingerprint density at radius 3 is 2.61 bits per heavy atom. The number of carbonyl (C=O) groups excluding carboxylic acids is 2. The maximum absolute atomic E-state index is 12.2. The van der Waals surface area contributed by atoms with E-state index in [2.05, 4.69) is 16.4 Å². The van der Waals surface area contributed by atoms with Gasteiger partial charge in [0.1, 0.15) is 0 Å². The van der Waals surface area contributed by atoms with E-state index in [4.69, 9.17) is 11.6 Å². The van der Waals surface area contributed by atoms with Gasteiger partial charge in [0, 0.05) is 55.1 Å². The molecule has 0 aliphatic heterocycles. The summed E-state index contributed by atoms with van der Waals surface area (Å²) in [5.41, 5.74) is 3.15. The highest BCUT2D eigenvalue weighted by Crippen LogP contribution is 2.18. The molecule has 0 aliphatic rings. The molecule has 1 heterocycles. The summed E-state index contributed by atoms with van der Waals surface area (Å²) in [5.74, 6) is -0.142. The second kappa shape index (κ2) is 9.42. The molecule has 0 fully saturated rings. The van der Waals surface area contributed by atoms with Gasteiger partial charge in [-0.05, 0) is 29.7 Å². The molecule has 3 aromatic rings. The number of carbonyl (C=O) groups is 2. The second-order valence-corrected chi connectivity index (χ2v) is 7.15. The van der Waals surface area contributed by atoms with Gasteiger partial charge >= 0.3 is 0 Å². The molecular formula is C22H24ClN3O2. The third-order valence-corrected chi connectivity index (χ3v) is 5.13. The van der Waals surface area contributed by atoms with Gasteiger partial charge in [0.05, 0.1) is 0 Å². The van der Waals surface area contributed by atoms with Crippen molar-refractivity contribution in [2.24, 2.45) is 0 Å². The summed E-state index contributed by atoms with van der Waals surface area (Å²) in [5, 5.41) is 4.74. The second-order valence-electron chi connectivity index (χ2n) is 6.74. The van der Waals surface area contributed by atoms with Crippen molar-refractivity contribution in [2.75, 3.05) is 13.1 Å². The number of H-pyrrole nitrogens is 1. The molecule has 1 aromatic heterocycles. The van der Waals surface area contributed by atoms with Gasteiger partial charge in [-0.1, -0.05) is 48.0 Å². The molecule has 0 atom stereocenters. The van der Waals surface area contributed by atoms with Crippen molar-refractivity contribution >= 4 is 34.3 Å². The van der Waals surface area contributed by atoms with Crippen molar-refractivity contribution in [1.82, 2.24) is 15.2 Å². The van der Waals surface area contributed by atoms with Crippen LogP contribution in [-0.2, 0) is 22.6 Å². The number of amides is 2. The van der Waals surface area contributed by atoms with Crippen molar-refractivity contribution in [3.05, 3.63) is 70.9 Å². The molecule has 2 amide bonds. The van der Waals surface area contributed by atoms with Gasteiger partial charge in [-0.3, -0.25) is 9.59 Å². The van der Waals surface area contributed by atoms with Gasteiger partial charge in [0.15, 0.2) is 0 Å². The summed E-state index contributed by atoms with van der Waals surface area (Å²) in [7, 11) is 0. The smallest absolute Gasteiger partial charge is 0.221 e. The predicted molar refractivity (Wildman–Crippen MR) is 112 cm³/mol. The van der Waals surface area contributed by atoms with Crippen LogP contribution in [0.25, 0.3) is 10.9 Å². The lowest BCUT2D eigenvalue weighted by Crippen LogP contribution is -2.34. The SMILES string of the molecule is CC(=O)N(CCC(=O)NCCc1c[nH]c2ccccc12)Cc1ccccc1Cl. The first-order chi connectivity index (χ1) is 13.5. The molecule has 28 heavy (non-hydrogen) atoms. The van der Waals surface area contributed by atoms with Crippen molar-refractivity contribution in [2.45, 2.75) is 26.3 Å². The van der Waals surface area contributed by atoms with E-state index in [1.54, 1.807) is 11.0 Å². The van der Waals surface area contributed by atoms with Crippen LogP contribution in [-0.4, -0.2) is 34.8 Å². The van der Waals surface area contributed by atoms with E-state index in [0.717, 1.165) is 17.5 Å². The van der Waals surface area contributed by atoms with Gasteiger partial charge < -0.3 is 15.2 Å². The molecule has 0 aliphatic carbocycles. The Balaban J connectivity index is 1.47. The van der Waals surface area contributed by atoms with Crippen LogP contribution in [0, 0.1) is 0 Å². The largest absolute Gasteiger partial charge is 0.361 e. The van der Waals surface area contributed by atoms with Gasteiger partial charge in [-0.15, -0.1) is 0 Å². The Kier molecular flexibility index (Phi) is 6.71. The zero-order valence-electron chi connectivity index (χ0n) is 15.9. The number of hydrogen-bond acceptors (Lipinski definition) is 2. The number of nitrogens with zero attached hydrogens (tertiary/aromatic N) is 1. The highest BCUT2D eigenvalue weighted by atomic mass is 35.5. The van der Waals surface area contributed by atoms with Crippen molar-refractivity contribution < 1.29 is 9.59 Å². The molecule has 0 unspecified atom stereocenters. The van der Waals surface area contributed by atoms with Crippen LogP contribution in [0.15, 0.2) is 54.7 Å². The van der Waals surface area contributed by atoms with Crippen LogP contribution in [0.2, 0.25) is 5.02 Å². The highest BCUT2D eigenvalue weighted by molar-refractivity contribution is 6.31. The third-order valence-electron chi connectivity index (χ3n) is 4.76. The minimum absolute atomic E-state index is 0.0646. The van der Waals surface area contributed by atoms with Crippen LogP contribution < -0.4 is 5.32 Å². The third kappa shape index (κ3) is 5.14. The Labute approximate surface area is 169 Å². The summed E-state index contributed by atoms with van der Waals surface area (Å²) in [4.78, 5) is 29.0. The van der Waals surface area contributed by atoms with E-state index in [0.29, 0.717) is 24.7 Å². The summed E-state index contributed by atoms with van der Waals surface area (Å²) >= 11 is 6.17. The van der Waals surface area contributed by atoms with Crippen LogP contribution in [0.5, 0.6) is 0 Å². The molecule has 0 bridgehead atoms. The number of fused-ring (bicyclic) bond motifs is 1. The summed E-state index contributed by atoms with van der Waals surface area (Å²) in [6.45, 7) is 2.83. The average molecular weight is 398 g/mol. The number of nitrogens with one attached hydrogen (secondary N) is 2. The lowest BCUT2D eigenvalue weighted by Gasteiger charge is -2.21. The van der Waals surface area contributed by atoms with Gasteiger partial charge in [0.25, 0.3) is 0 Å². The van der Waals surface area contributed by atoms with Crippen LogP contribution in [0.1, 0.15) is 24.5 Å². The van der Waals surface area contributed by atoms with Crippen molar-refractivity contribution in [3.8, 4) is 0 Å². The highest BCUT2D eigenvalue weighted by Gasteiger charge is 2.13. The van der Waals surface area contributed by atoms with Crippen molar-refractivity contribution in [3.63, 3.8) is 0 Å². The minimum Gasteiger partial charge on any atom is -0.361 e. The molecular weight excluding hydrogens is 374 g/mol. The minimum atomic E-state index is -0.0773. The van der Waals surface area contributed by atoms with E-state index >= 15 is 0 Å². The fourth-order valence-electron chi connectivity index (χ4n) is 3.18. The Morgan fingerprint density at radius 2 is 1.82 bits per heavy atom. The lowest BCUT2D eigenvalue weighted by atomic mass is 10.1. The zero-order valence-corrected chi connectivity index (χ0v) is 16.6. The average Bonchev–Trinajstić information content (AvgIpc) is 3.09. The monoisotopic (exact) mass is 397 g/mol. The van der Waals surface area contributed by atoms with Crippen LogP contribution in [0.4, 0.5) is 0 Å². The quantitative estimate of drug-likeness (QED) is 0.605. The first kappa shape index (κ1) is 20.0. The first-order valence-corrected chi connectivity index (χ1v) is 9.73. The number of rotatable bonds is 8. The molecule has 0 spiro atoms. The molecule has 0 radical (unpaired) electrons. The zero-order chi connectivity index (χ0) is 19.9. The maximum atomic E-state index is 12.2. The first-order valence-electron chi connectivity index (χ1n) is 9.35. The van der Waals surface area contributed by atoms with Crippen LogP contribution in [0.3, 0.4) is 0 Å². The van der Waals surface area contributed by atoms with E-state index in [1.807, 2.05) is 42.6 Å². The molecule has 0 saturated heterocycles. The topological polar surface area (TPSA) is 65.2 Å². The molecule has 2 N–H and O–H groups in total. The predicted octanol–water partition coefficient (Wildman–Crippen LogP) is 3.92. The Morgan fingerprint density at radius 1 is 1.07 bits per heavy atom. The van der Waals surface area contributed by atoms with Gasteiger partial charge in [0.2, 0.25) is 11.8 Å². The molecule has 0 saturated carbocycles. The van der Waals surface area contributed by atoms with E-state index in [-0.39, 0.29) is 18.2 Å². The summed E-state index contributed by atoms with van der Waals surface area (Å²) in [6, 6.07) is 15.5. The van der Waals surface area contributed by atoms with Crippen LogP contribution >= 0.6 is 11.6 Å². The molecule has 146 valence electrons. The molecule has 2 aromatic carbocycles. The summed E-state index contributed by atoms with van der Waals surface area (Å²) < 4.78 is 0. The number of aromatic amines is 1. The number of halogens is 1. The Hall–Kier alpha value is -2.79. The lowest BCUT2D eigenvalue weighted by molar-refractivity contribution is -0.130. The fraction of sp³-hybridized carbons (Fsp3) is 0.273. The normalized spacial score (nSPS) is 10.8. The van der Waals surface area contributed by atoms with Crippen molar-refractivity contribution in [1.29, 1.82) is 0 Å². The van der Waals surface area contributed by atoms with E-state index in [9.17, 15) is 9.59 Å².